The van der Waals surface area contributed by atoms with Crippen LogP contribution in [0.2, 0.25) is 6.32 Å². The second-order valence-electron chi connectivity index (χ2n) is 5.84. The van der Waals surface area contributed by atoms with Gasteiger partial charge in [0.1, 0.15) is 0 Å². The molecule has 0 bridgehead atoms. The summed E-state index contributed by atoms with van der Waals surface area (Å²) in [5, 5.41) is 0. The molecule has 17 heavy (non-hydrogen) atoms. The lowest BCUT2D eigenvalue weighted by Crippen LogP contribution is -2.36. The van der Waals surface area contributed by atoms with Crippen LogP contribution in [0.5, 0.6) is 0 Å². The molecular weight excluding hydrogens is 218 g/mol. The molecule has 0 spiro atoms. The Morgan fingerprint density at radius 3 is 2.53 bits per heavy atom. The zero-order valence-electron chi connectivity index (χ0n) is 10.7. The van der Waals surface area contributed by atoms with Crippen LogP contribution in [0.3, 0.4) is 0 Å². The van der Waals surface area contributed by atoms with Gasteiger partial charge in [-0.3, -0.25) is 0 Å². The number of nitrogen functional groups attached to an aromatic ring is 1. The quantitative estimate of drug-likeness (QED) is 0.757. The van der Waals surface area contributed by atoms with Gasteiger partial charge in [0, 0.05) is 6.20 Å². The average molecular weight is 236 g/mol. The van der Waals surface area contributed by atoms with Crippen molar-refractivity contribution < 1.29 is 9.04 Å². The van der Waals surface area contributed by atoms with Gasteiger partial charge in [0.2, 0.25) is 0 Å². The zero-order valence-corrected chi connectivity index (χ0v) is 10.7. The molecule has 1 aliphatic heterocycles. The van der Waals surface area contributed by atoms with Crippen molar-refractivity contribution in [2.24, 2.45) is 5.41 Å². The lowest BCUT2D eigenvalue weighted by atomic mass is 9.54. The van der Waals surface area contributed by atoms with E-state index in [1.807, 2.05) is 0 Å². The summed E-state index contributed by atoms with van der Waals surface area (Å²) in [6.45, 7) is 8.34. The third-order valence-corrected chi connectivity index (χ3v) is 4.03. The molecule has 0 aromatic carbocycles. The Morgan fingerprint density at radius 1 is 1.41 bits per heavy atom. The predicted molar refractivity (Wildman–Crippen MR) is 67.7 cm³/mol. The van der Waals surface area contributed by atoms with Gasteiger partial charge in [0.25, 0.3) is 0 Å². The van der Waals surface area contributed by atoms with Crippen LogP contribution < -0.4 is 11.2 Å². The van der Waals surface area contributed by atoms with Crippen LogP contribution in [-0.4, -0.2) is 17.5 Å². The van der Waals surface area contributed by atoms with E-state index in [0.717, 1.165) is 11.8 Å². The van der Waals surface area contributed by atoms with Crippen LogP contribution in [0.4, 0.5) is 10.2 Å². The number of aromatic nitrogens is 1. The largest absolute Gasteiger partial charge is 0.425 e. The fourth-order valence-corrected chi connectivity index (χ4v) is 2.09. The van der Waals surface area contributed by atoms with Crippen LogP contribution >= 0.6 is 0 Å². The fraction of sp³-hybridized carbons (Fsp3) is 0.583. The molecule has 1 fully saturated rings. The molecule has 1 aromatic rings. The summed E-state index contributed by atoms with van der Waals surface area (Å²) >= 11 is 0. The van der Waals surface area contributed by atoms with Gasteiger partial charge in [-0.15, -0.1) is 0 Å². The van der Waals surface area contributed by atoms with Crippen molar-refractivity contribution in [3.8, 4) is 0 Å². The first-order valence-corrected chi connectivity index (χ1v) is 5.82. The summed E-state index contributed by atoms with van der Waals surface area (Å²) in [5.74, 6) is -0.543. The first-order chi connectivity index (χ1) is 7.73. The normalized spacial score (nSPS) is 21.8. The number of nitrogens with zero attached hydrogens (tertiary/aromatic N) is 1. The van der Waals surface area contributed by atoms with Crippen molar-refractivity contribution in [3.05, 3.63) is 18.1 Å². The number of nitrogens with two attached hydrogens (primary N) is 1. The number of hydrogen-bond acceptors (Lipinski definition) is 3. The zero-order chi connectivity index (χ0) is 12.8. The molecule has 0 saturated carbocycles. The van der Waals surface area contributed by atoms with E-state index >= 15 is 0 Å². The summed E-state index contributed by atoms with van der Waals surface area (Å²) in [4.78, 5) is 3.84. The maximum atomic E-state index is 13.4. The van der Waals surface area contributed by atoms with E-state index in [4.69, 9.17) is 10.4 Å². The second-order valence-corrected chi connectivity index (χ2v) is 5.84. The summed E-state index contributed by atoms with van der Waals surface area (Å²) in [7, 11) is 0. The van der Waals surface area contributed by atoms with Crippen molar-refractivity contribution >= 4 is 18.2 Å². The highest BCUT2D eigenvalue weighted by atomic mass is 19.1. The molecule has 0 amide bonds. The molecule has 5 heteroatoms. The van der Waals surface area contributed by atoms with Crippen LogP contribution in [0.25, 0.3) is 0 Å². The Balaban J connectivity index is 2.29. The minimum absolute atomic E-state index is 0.0511. The van der Waals surface area contributed by atoms with E-state index in [0.29, 0.717) is 0 Å². The van der Waals surface area contributed by atoms with Crippen LogP contribution in [0.1, 0.15) is 27.7 Å². The van der Waals surface area contributed by atoms with Crippen molar-refractivity contribution in [1.29, 1.82) is 0 Å². The second kappa shape index (κ2) is 3.70. The van der Waals surface area contributed by atoms with E-state index in [-0.39, 0.29) is 23.7 Å². The van der Waals surface area contributed by atoms with Gasteiger partial charge >= 0.3 is 6.92 Å². The molecule has 1 aliphatic rings. The van der Waals surface area contributed by atoms with Gasteiger partial charge in [-0.2, -0.15) is 0 Å². The lowest BCUT2D eigenvalue weighted by molar-refractivity contribution is 0.0375. The number of rotatable bonds is 1. The standard InChI is InChI=1S/C12H18BFN2O/c1-11(2)7-13(17-12(11,3)4)8-5-9(14)10(15)16-6-8/h5-6H,7H2,1-4H3,(H2,15,16). The Bertz CT molecular complexity index is 432. The SMILES string of the molecule is CC1(C)CB(c2cnc(N)c(F)c2)OC1(C)C. The molecule has 3 nitrogen and oxygen atoms in total. The highest BCUT2D eigenvalue weighted by Crippen LogP contribution is 2.44. The Kier molecular flexibility index (Phi) is 2.69. The summed E-state index contributed by atoms with van der Waals surface area (Å²) in [6.07, 6.45) is 2.45. The highest BCUT2D eigenvalue weighted by molar-refractivity contribution is 6.68. The molecule has 1 saturated heterocycles. The molecule has 2 heterocycles. The van der Waals surface area contributed by atoms with Crippen molar-refractivity contribution in [3.63, 3.8) is 0 Å². The maximum absolute atomic E-state index is 13.4. The van der Waals surface area contributed by atoms with Crippen LogP contribution in [0.15, 0.2) is 12.3 Å². The highest BCUT2D eigenvalue weighted by Gasteiger charge is 2.49. The van der Waals surface area contributed by atoms with Crippen LogP contribution in [0, 0.1) is 11.2 Å². The maximum Gasteiger partial charge on any atom is 0.329 e. The van der Waals surface area contributed by atoms with Gasteiger partial charge in [-0.05, 0) is 37.1 Å². The summed E-state index contributed by atoms with van der Waals surface area (Å²) in [5.41, 5.74) is 5.95. The molecule has 2 N–H and O–H groups in total. The third-order valence-electron chi connectivity index (χ3n) is 4.03. The van der Waals surface area contributed by atoms with Gasteiger partial charge in [0.05, 0.1) is 5.60 Å². The monoisotopic (exact) mass is 236 g/mol. The molecule has 2 rings (SSSR count). The molecule has 1 aromatic heterocycles. The minimum Gasteiger partial charge on any atom is -0.425 e. The molecule has 0 aliphatic carbocycles. The third kappa shape index (κ3) is 2.04. The average Bonchev–Trinajstić information content (AvgIpc) is 2.41. The van der Waals surface area contributed by atoms with Gasteiger partial charge < -0.3 is 10.4 Å². The summed E-state index contributed by atoms with van der Waals surface area (Å²) < 4.78 is 19.4. The van der Waals surface area contributed by atoms with Crippen molar-refractivity contribution in [2.75, 3.05) is 5.73 Å². The minimum atomic E-state index is -0.478. The first kappa shape index (κ1) is 12.4. The lowest BCUT2D eigenvalue weighted by Gasteiger charge is -2.34. The topological polar surface area (TPSA) is 48.1 Å². The first-order valence-electron chi connectivity index (χ1n) is 5.82. The van der Waals surface area contributed by atoms with E-state index in [9.17, 15) is 4.39 Å². The molecule has 0 atom stereocenters. The Labute approximate surface area is 102 Å². The van der Waals surface area contributed by atoms with E-state index < -0.39 is 5.82 Å². The smallest absolute Gasteiger partial charge is 0.329 e. The van der Waals surface area contributed by atoms with Gasteiger partial charge in [0.15, 0.2) is 11.6 Å². The molecule has 0 radical (unpaired) electrons. The predicted octanol–water partition coefficient (Wildman–Crippen LogP) is 1.84. The van der Waals surface area contributed by atoms with Gasteiger partial charge in [-0.25, -0.2) is 9.37 Å². The fourth-order valence-electron chi connectivity index (χ4n) is 2.09. The number of halogens is 1. The Hall–Kier alpha value is -1.10. The number of hydrogen-bond donors (Lipinski definition) is 1. The molecular formula is C12H18BFN2O. The molecule has 92 valence electrons. The van der Waals surface area contributed by atoms with E-state index in [1.165, 1.54) is 6.07 Å². The van der Waals surface area contributed by atoms with Crippen molar-refractivity contribution in [2.45, 2.75) is 39.6 Å². The molecule has 0 unspecified atom stereocenters. The van der Waals surface area contributed by atoms with Crippen molar-refractivity contribution in [1.82, 2.24) is 4.98 Å². The summed E-state index contributed by atoms with van der Waals surface area (Å²) in [6, 6.07) is 1.42. The van der Waals surface area contributed by atoms with Gasteiger partial charge in [-0.1, -0.05) is 13.8 Å². The van der Waals surface area contributed by atoms with Crippen LogP contribution in [-0.2, 0) is 4.65 Å². The number of anilines is 1. The van der Waals surface area contributed by atoms with E-state index in [2.05, 4.69) is 32.7 Å². The van der Waals surface area contributed by atoms with E-state index in [1.54, 1.807) is 6.20 Å². The number of pyridine rings is 1. The Morgan fingerprint density at radius 2 is 2.06 bits per heavy atom.